The zero-order chi connectivity index (χ0) is 36.2. The van der Waals surface area contributed by atoms with Gasteiger partial charge in [0, 0.05) is 44.2 Å². The normalized spacial score (nSPS) is 14.4. The van der Waals surface area contributed by atoms with Crippen LogP contribution in [0.2, 0.25) is 0 Å². The molecule has 0 bridgehead atoms. The molecule has 0 saturated heterocycles. The molecule has 258 valence electrons. The standard InChI is InChI=1S/C51H44N2/c1-50(2,3)34-24-26-35(27-25-34)52-45-20-11-9-15-38(45)40-29-23-33(31-47(40)52)32-22-28-37-36-14-7-8-17-41(36)48(44(37)30-32)43-19-13-18-42-39-16-10-12-21-46(39)53(49(42)43)51(4,5)6/h7-31,48H,1-6H3. The summed E-state index contributed by atoms with van der Waals surface area (Å²) in [7, 11) is 0. The second-order valence-electron chi connectivity index (χ2n) is 17.0. The highest BCUT2D eigenvalue weighted by molar-refractivity contribution is 6.11. The monoisotopic (exact) mass is 684 g/mol. The van der Waals surface area contributed by atoms with Crippen molar-refractivity contribution in [3.8, 4) is 27.9 Å². The number of para-hydroxylation sites is 3. The van der Waals surface area contributed by atoms with Crippen LogP contribution in [0.1, 0.15) is 69.7 Å². The van der Waals surface area contributed by atoms with Gasteiger partial charge in [0.05, 0.1) is 16.6 Å². The van der Waals surface area contributed by atoms with E-state index in [1.165, 1.54) is 93.8 Å². The molecule has 0 radical (unpaired) electrons. The summed E-state index contributed by atoms with van der Waals surface area (Å²) in [4.78, 5) is 0. The fraction of sp³-hybridized carbons (Fsp3) is 0.176. The van der Waals surface area contributed by atoms with Crippen LogP contribution in [0.15, 0.2) is 152 Å². The Hall–Kier alpha value is -5.86. The largest absolute Gasteiger partial charge is 0.335 e. The van der Waals surface area contributed by atoms with Crippen molar-refractivity contribution in [2.24, 2.45) is 0 Å². The van der Waals surface area contributed by atoms with Crippen molar-refractivity contribution in [3.63, 3.8) is 0 Å². The number of aromatic nitrogens is 2. The highest BCUT2D eigenvalue weighted by Gasteiger charge is 2.33. The fourth-order valence-electron chi connectivity index (χ4n) is 9.24. The van der Waals surface area contributed by atoms with Crippen LogP contribution < -0.4 is 0 Å². The van der Waals surface area contributed by atoms with E-state index in [1.54, 1.807) is 0 Å². The minimum absolute atomic E-state index is 0.0960. The topological polar surface area (TPSA) is 9.86 Å². The number of nitrogens with zero attached hydrogens (tertiary/aromatic N) is 2. The van der Waals surface area contributed by atoms with Crippen molar-refractivity contribution in [1.29, 1.82) is 0 Å². The third kappa shape index (κ3) is 4.78. The van der Waals surface area contributed by atoms with Gasteiger partial charge in [0.2, 0.25) is 0 Å². The van der Waals surface area contributed by atoms with Crippen LogP contribution in [-0.2, 0) is 11.0 Å². The summed E-state index contributed by atoms with van der Waals surface area (Å²) >= 11 is 0. The van der Waals surface area contributed by atoms with Crippen molar-refractivity contribution in [3.05, 3.63) is 174 Å². The van der Waals surface area contributed by atoms with E-state index in [4.69, 9.17) is 0 Å². The second kappa shape index (κ2) is 11.3. The van der Waals surface area contributed by atoms with Gasteiger partial charge in [0.25, 0.3) is 0 Å². The van der Waals surface area contributed by atoms with Crippen LogP contribution >= 0.6 is 0 Å². The van der Waals surface area contributed by atoms with Gasteiger partial charge in [-0.3, -0.25) is 0 Å². The van der Waals surface area contributed by atoms with Crippen molar-refractivity contribution in [2.75, 3.05) is 0 Å². The van der Waals surface area contributed by atoms with Gasteiger partial charge < -0.3 is 9.13 Å². The molecule has 10 rings (SSSR count). The third-order valence-electron chi connectivity index (χ3n) is 11.6. The van der Waals surface area contributed by atoms with E-state index in [9.17, 15) is 0 Å². The quantitative estimate of drug-likeness (QED) is 0.175. The summed E-state index contributed by atoms with van der Waals surface area (Å²) in [5.74, 6) is 0.117. The van der Waals surface area contributed by atoms with Crippen molar-refractivity contribution in [2.45, 2.75) is 58.4 Å². The molecule has 2 aromatic heterocycles. The Morgan fingerprint density at radius 2 is 1.02 bits per heavy atom. The highest BCUT2D eigenvalue weighted by Crippen LogP contribution is 2.52. The van der Waals surface area contributed by atoms with Gasteiger partial charge in [0.1, 0.15) is 0 Å². The fourth-order valence-corrected chi connectivity index (χ4v) is 9.24. The Morgan fingerprint density at radius 1 is 0.434 bits per heavy atom. The molecule has 2 nitrogen and oxygen atoms in total. The van der Waals surface area contributed by atoms with Crippen LogP contribution in [0.3, 0.4) is 0 Å². The van der Waals surface area contributed by atoms with E-state index >= 15 is 0 Å². The smallest absolute Gasteiger partial charge is 0.0547 e. The molecule has 2 heteroatoms. The van der Waals surface area contributed by atoms with Crippen LogP contribution in [-0.4, -0.2) is 9.13 Å². The van der Waals surface area contributed by atoms with Gasteiger partial charge in [-0.1, -0.05) is 136 Å². The first-order valence-electron chi connectivity index (χ1n) is 19.0. The highest BCUT2D eigenvalue weighted by atomic mass is 15.1. The van der Waals surface area contributed by atoms with E-state index in [0.717, 1.165) is 0 Å². The lowest BCUT2D eigenvalue weighted by Gasteiger charge is -2.27. The van der Waals surface area contributed by atoms with E-state index in [-0.39, 0.29) is 16.9 Å². The molecule has 1 aliphatic carbocycles. The molecule has 1 unspecified atom stereocenters. The first-order valence-corrected chi connectivity index (χ1v) is 19.0. The average Bonchev–Trinajstić information content (AvgIpc) is 3.80. The van der Waals surface area contributed by atoms with E-state index in [0.29, 0.717) is 0 Å². The average molecular weight is 685 g/mol. The Kier molecular flexibility index (Phi) is 6.80. The molecule has 0 N–H and O–H groups in total. The lowest BCUT2D eigenvalue weighted by atomic mass is 9.86. The SMILES string of the molecule is CC(C)(C)c1ccc(-n2c3ccccc3c3ccc(-c4ccc5c(c4)C(c4cccc6c7ccccc7n(C(C)(C)C)c46)c4ccccc4-5)cc32)cc1. The Balaban J connectivity index is 1.18. The molecule has 0 fully saturated rings. The summed E-state index contributed by atoms with van der Waals surface area (Å²) in [5.41, 5.74) is 16.9. The maximum atomic E-state index is 2.58. The van der Waals surface area contributed by atoms with Gasteiger partial charge >= 0.3 is 0 Å². The summed E-state index contributed by atoms with van der Waals surface area (Å²) in [6.45, 7) is 13.8. The molecule has 0 spiro atoms. The molecule has 0 saturated carbocycles. The van der Waals surface area contributed by atoms with Crippen LogP contribution in [0.25, 0.3) is 71.6 Å². The second-order valence-corrected chi connectivity index (χ2v) is 17.0. The molecule has 2 heterocycles. The van der Waals surface area contributed by atoms with Gasteiger partial charge in [-0.25, -0.2) is 0 Å². The molecule has 53 heavy (non-hydrogen) atoms. The third-order valence-corrected chi connectivity index (χ3v) is 11.6. The van der Waals surface area contributed by atoms with E-state index in [1.807, 2.05) is 0 Å². The summed E-state index contributed by atoms with van der Waals surface area (Å²) < 4.78 is 5.02. The Bertz CT molecular complexity index is 2900. The zero-order valence-corrected chi connectivity index (χ0v) is 31.4. The summed E-state index contributed by atoms with van der Waals surface area (Å²) in [6, 6.07) is 57.1. The van der Waals surface area contributed by atoms with Crippen LogP contribution in [0.5, 0.6) is 0 Å². The summed E-state index contributed by atoms with van der Waals surface area (Å²) in [6.07, 6.45) is 0. The Morgan fingerprint density at radius 3 is 1.77 bits per heavy atom. The lowest BCUT2D eigenvalue weighted by molar-refractivity contribution is 0.422. The predicted octanol–water partition coefficient (Wildman–Crippen LogP) is 13.8. The molecule has 9 aromatic rings. The Labute approximate surface area is 312 Å². The van der Waals surface area contributed by atoms with Crippen LogP contribution in [0.4, 0.5) is 0 Å². The van der Waals surface area contributed by atoms with E-state index < -0.39 is 0 Å². The van der Waals surface area contributed by atoms with Gasteiger partial charge in [-0.15, -0.1) is 0 Å². The van der Waals surface area contributed by atoms with Gasteiger partial charge in [-0.2, -0.15) is 0 Å². The summed E-state index contributed by atoms with van der Waals surface area (Å²) in [5, 5.41) is 5.19. The van der Waals surface area contributed by atoms with Crippen molar-refractivity contribution >= 4 is 43.6 Å². The lowest BCUT2D eigenvalue weighted by Crippen LogP contribution is -2.22. The predicted molar refractivity (Wildman–Crippen MR) is 226 cm³/mol. The molecule has 7 aromatic carbocycles. The number of hydrogen-bond acceptors (Lipinski definition) is 0. The van der Waals surface area contributed by atoms with E-state index in [2.05, 4.69) is 202 Å². The maximum Gasteiger partial charge on any atom is 0.0547 e. The molecule has 0 aliphatic heterocycles. The minimum atomic E-state index is -0.0960. The number of fused-ring (bicyclic) bond motifs is 9. The first kappa shape index (κ1) is 31.8. The molecular formula is C51H44N2. The molecule has 0 amide bonds. The van der Waals surface area contributed by atoms with Crippen LogP contribution in [0, 0.1) is 0 Å². The number of benzene rings is 7. The maximum absolute atomic E-state index is 2.58. The minimum Gasteiger partial charge on any atom is -0.335 e. The molecule has 1 atom stereocenters. The number of rotatable bonds is 3. The molecular weight excluding hydrogens is 641 g/mol. The van der Waals surface area contributed by atoms with Crippen molar-refractivity contribution < 1.29 is 0 Å². The van der Waals surface area contributed by atoms with Crippen molar-refractivity contribution in [1.82, 2.24) is 9.13 Å². The van der Waals surface area contributed by atoms with Gasteiger partial charge in [-0.05, 0) is 107 Å². The number of hydrogen-bond donors (Lipinski definition) is 0. The first-order chi connectivity index (χ1) is 25.6. The molecule has 1 aliphatic rings. The van der Waals surface area contributed by atoms with Gasteiger partial charge in [0.15, 0.2) is 0 Å². The zero-order valence-electron chi connectivity index (χ0n) is 31.4.